The van der Waals surface area contributed by atoms with Crippen molar-refractivity contribution in [2.75, 3.05) is 0 Å². The summed E-state index contributed by atoms with van der Waals surface area (Å²) in [5, 5.41) is 18.1. The molecule has 0 saturated carbocycles. The number of nitrogens with zero attached hydrogens (tertiary/aromatic N) is 1. The van der Waals surface area contributed by atoms with E-state index in [0.717, 1.165) is 12.1 Å². The van der Waals surface area contributed by atoms with Gasteiger partial charge in [0.15, 0.2) is 0 Å². The van der Waals surface area contributed by atoms with Crippen molar-refractivity contribution in [1.29, 1.82) is 5.26 Å². The third-order valence-corrected chi connectivity index (χ3v) is 1.91. The number of aliphatic hydroxyl groups is 1. The molecule has 2 nitrogen and oxygen atoms in total. The fourth-order valence-corrected chi connectivity index (χ4v) is 1.12. The molecule has 14 heavy (non-hydrogen) atoms. The standard InChI is InChI=1S/C10H9F2NO/c1-10(14,2-3-13)7-4-8(11)6-9(12)5-7/h4-6,14H,2H2,1H3. The van der Waals surface area contributed by atoms with E-state index in [-0.39, 0.29) is 12.0 Å². The summed E-state index contributed by atoms with van der Waals surface area (Å²) in [4.78, 5) is 0. The molecule has 0 fully saturated rings. The third-order valence-electron chi connectivity index (χ3n) is 1.91. The summed E-state index contributed by atoms with van der Waals surface area (Å²) >= 11 is 0. The van der Waals surface area contributed by atoms with Gasteiger partial charge in [-0.2, -0.15) is 5.26 Å². The zero-order chi connectivity index (χ0) is 10.8. The van der Waals surface area contributed by atoms with E-state index in [1.165, 1.54) is 6.92 Å². The van der Waals surface area contributed by atoms with Crippen LogP contribution in [0.25, 0.3) is 0 Å². The summed E-state index contributed by atoms with van der Waals surface area (Å²) in [6.45, 7) is 1.34. The number of hydrogen-bond acceptors (Lipinski definition) is 2. The minimum Gasteiger partial charge on any atom is -0.384 e. The van der Waals surface area contributed by atoms with Gasteiger partial charge in [0.2, 0.25) is 0 Å². The quantitative estimate of drug-likeness (QED) is 0.788. The van der Waals surface area contributed by atoms with Crippen molar-refractivity contribution >= 4 is 0 Å². The predicted molar refractivity (Wildman–Crippen MR) is 46.2 cm³/mol. The van der Waals surface area contributed by atoms with Crippen LogP contribution < -0.4 is 0 Å². The first-order valence-corrected chi connectivity index (χ1v) is 4.01. The molecule has 1 N–H and O–H groups in total. The Morgan fingerprint density at radius 2 is 1.86 bits per heavy atom. The molecule has 0 aromatic heterocycles. The monoisotopic (exact) mass is 197 g/mol. The van der Waals surface area contributed by atoms with Crippen LogP contribution in [0.2, 0.25) is 0 Å². The lowest BCUT2D eigenvalue weighted by Crippen LogP contribution is -2.20. The van der Waals surface area contributed by atoms with Crippen LogP contribution in [0.5, 0.6) is 0 Å². The smallest absolute Gasteiger partial charge is 0.126 e. The lowest BCUT2D eigenvalue weighted by molar-refractivity contribution is 0.0617. The number of halogens is 2. The molecule has 74 valence electrons. The van der Waals surface area contributed by atoms with Crippen molar-refractivity contribution < 1.29 is 13.9 Å². The van der Waals surface area contributed by atoms with Crippen LogP contribution in [0.1, 0.15) is 18.9 Å². The van der Waals surface area contributed by atoms with Crippen LogP contribution in [-0.2, 0) is 5.60 Å². The molecule has 1 rings (SSSR count). The fourth-order valence-electron chi connectivity index (χ4n) is 1.12. The molecule has 0 radical (unpaired) electrons. The molecule has 0 aliphatic heterocycles. The van der Waals surface area contributed by atoms with Crippen LogP contribution in [0.3, 0.4) is 0 Å². The van der Waals surface area contributed by atoms with Crippen LogP contribution >= 0.6 is 0 Å². The minimum absolute atomic E-state index is 0.0663. The summed E-state index contributed by atoms with van der Waals surface area (Å²) in [7, 11) is 0. The van der Waals surface area contributed by atoms with E-state index in [9.17, 15) is 13.9 Å². The molecule has 0 saturated heterocycles. The van der Waals surface area contributed by atoms with Gasteiger partial charge < -0.3 is 5.11 Å². The number of nitriles is 1. The maximum Gasteiger partial charge on any atom is 0.126 e. The van der Waals surface area contributed by atoms with Crippen molar-refractivity contribution in [1.82, 2.24) is 0 Å². The molecule has 4 heteroatoms. The van der Waals surface area contributed by atoms with E-state index in [0.29, 0.717) is 6.07 Å². The normalized spacial score (nSPS) is 14.5. The van der Waals surface area contributed by atoms with Gasteiger partial charge in [0, 0.05) is 6.07 Å². The molecular weight excluding hydrogens is 188 g/mol. The summed E-state index contributed by atoms with van der Waals surface area (Å²) in [6.07, 6.45) is -0.212. The van der Waals surface area contributed by atoms with E-state index in [1.807, 2.05) is 0 Å². The molecule has 0 aliphatic carbocycles. The van der Waals surface area contributed by atoms with E-state index < -0.39 is 17.2 Å². The van der Waals surface area contributed by atoms with Gasteiger partial charge in [-0.3, -0.25) is 0 Å². The van der Waals surface area contributed by atoms with Gasteiger partial charge in [-0.25, -0.2) is 8.78 Å². The van der Waals surface area contributed by atoms with E-state index in [2.05, 4.69) is 0 Å². The van der Waals surface area contributed by atoms with Gasteiger partial charge in [-0.1, -0.05) is 0 Å². The van der Waals surface area contributed by atoms with Crippen LogP contribution in [0.4, 0.5) is 8.78 Å². The lowest BCUT2D eigenvalue weighted by Gasteiger charge is -2.20. The lowest BCUT2D eigenvalue weighted by atomic mass is 9.93. The van der Waals surface area contributed by atoms with E-state index >= 15 is 0 Å². The Morgan fingerprint density at radius 1 is 1.36 bits per heavy atom. The van der Waals surface area contributed by atoms with Crippen molar-refractivity contribution in [2.45, 2.75) is 18.9 Å². The minimum atomic E-state index is -1.52. The fraction of sp³-hybridized carbons (Fsp3) is 0.300. The maximum absolute atomic E-state index is 12.8. The highest BCUT2D eigenvalue weighted by Crippen LogP contribution is 2.25. The number of hydrogen-bond donors (Lipinski definition) is 1. The Labute approximate surface area is 80.4 Å². The molecule has 1 atom stereocenters. The van der Waals surface area contributed by atoms with E-state index in [4.69, 9.17) is 5.26 Å². The molecule has 1 unspecified atom stereocenters. The van der Waals surface area contributed by atoms with Crippen molar-refractivity contribution in [3.8, 4) is 6.07 Å². The SMILES string of the molecule is CC(O)(CC#N)c1cc(F)cc(F)c1. The largest absolute Gasteiger partial charge is 0.384 e. The Bertz CT molecular complexity index is 362. The Balaban J connectivity index is 3.13. The maximum atomic E-state index is 12.8. The Hall–Kier alpha value is -1.47. The first-order chi connectivity index (χ1) is 6.45. The summed E-state index contributed by atoms with van der Waals surface area (Å²) in [5.74, 6) is -1.53. The van der Waals surface area contributed by atoms with Crippen molar-refractivity contribution in [3.05, 3.63) is 35.4 Å². The van der Waals surface area contributed by atoms with Gasteiger partial charge >= 0.3 is 0 Å². The zero-order valence-corrected chi connectivity index (χ0v) is 7.59. The first kappa shape index (κ1) is 10.6. The average Bonchev–Trinajstić information content (AvgIpc) is 2.02. The highest BCUT2D eigenvalue weighted by Gasteiger charge is 2.23. The first-order valence-electron chi connectivity index (χ1n) is 4.01. The number of benzene rings is 1. The van der Waals surface area contributed by atoms with Crippen molar-refractivity contribution in [3.63, 3.8) is 0 Å². The molecule has 0 amide bonds. The molecule has 0 heterocycles. The third kappa shape index (κ3) is 2.27. The summed E-state index contributed by atoms with van der Waals surface area (Å²) in [6, 6.07) is 4.49. The summed E-state index contributed by atoms with van der Waals surface area (Å²) in [5.41, 5.74) is -1.45. The Morgan fingerprint density at radius 3 is 2.29 bits per heavy atom. The highest BCUT2D eigenvalue weighted by molar-refractivity contribution is 5.24. The molecule has 0 aliphatic rings. The van der Waals surface area contributed by atoms with Gasteiger partial charge in [-0.15, -0.1) is 0 Å². The van der Waals surface area contributed by atoms with Crippen LogP contribution in [0.15, 0.2) is 18.2 Å². The van der Waals surface area contributed by atoms with E-state index in [1.54, 1.807) is 6.07 Å². The van der Waals surface area contributed by atoms with Gasteiger partial charge in [0.1, 0.15) is 11.6 Å². The van der Waals surface area contributed by atoms with Gasteiger partial charge in [-0.05, 0) is 24.6 Å². The molecule has 1 aromatic carbocycles. The second kappa shape index (κ2) is 3.72. The Kier molecular flexibility index (Phi) is 2.82. The molecule has 0 spiro atoms. The number of rotatable bonds is 2. The predicted octanol–water partition coefficient (Wildman–Crippen LogP) is 2.09. The van der Waals surface area contributed by atoms with Crippen LogP contribution in [0, 0.1) is 23.0 Å². The van der Waals surface area contributed by atoms with Gasteiger partial charge in [0.25, 0.3) is 0 Å². The zero-order valence-electron chi connectivity index (χ0n) is 7.59. The second-order valence-electron chi connectivity index (χ2n) is 3.27. The molecular formula is C10H9F2NO. The summed E-state index contributed by atoms with van der Waals surface area (Å²) < 4.78 is 25.5. The average molecular weight is 197 g/mol. The van der Waals surface area contributed by atoms with Crippen LogP contribution in [-0.4, -0.2) is 5.11 Å². The second-order valence-corrected chi connectivity index (χ2v) is 3.27. The molecule has 0 bridgehead atoms. The highest BCUT2D eigenvalue weighted by atomic mass is 19.1. The topological polar surface area (TPSA) is 44.0 Å². The van der Waals surface area contributed by atoms with Gasteiger partial charge in [0.05, 0.1) is 18.1 Å². The van der Waals surface area contributed by atoms with Crippen molar-refractivity contribution in [2.24, 2.45) is 0 Å². The molecule has 1 aromatic rings.